The number of nitrogens with two attached hydrogens (primary N) is 1. The Labute approximate surface area is 48.1 Å². The van der Waals surface area contributed by atoms with Crippen LogP contribution in [0.2, 0.25) is 0 Å². The van der Waals surface area contributed by atoms with E-state index in [1.54, 1.807) is 6.07 Å². The summed E-state index contributed by atoms with van der Waals surface area (Å²) in [5.74, 6) is 0. The van der Waals surface area contributed by atoms with Crippen LogP contribution in [0.25, 0.3) is 0 Å². The van der Waals surface area contributed by atoms with Crippen molar-refractivity contribution in [1.29, 1.82) is 5.26 Å². The van der Waals surface area contributed by atoms with Gasteiger partial charge in [-0.25, -0.2) is 0 Å². The van der Waals surface area contributed by atoms with E-state index in [-0.39, 0.29) is 0 Å². The van der Waals surface area contributed by atoms with Crippen LogP contribution in [-0.2, 0) is 0 Å². The van der Waals surface area contributed by atoms with E-state index < -0.39 is 0 Å². The number of nitriles is 1. The van der Waals surface area contributed by atoms with E-state index in [0.29, 0.717) is 6.54 Å². The molecule has 0 saturated heterocycles. The molecule has 0 aromatic heterocycles. The monoisotopic (exact) mass is 109 g/mol. The highest BCUT2D eigenvalue weighted by molar-refractivity contribution is 5.59. The van der Waals surface area contributed by atoms with E-state index in [2.05, 4.69) is 4.99 Å². The van der Waals surface area contributed by atoms with Crippen molar-refractivity contribution < 1.29 is 0 Å². The first-order valence-corrected chi connectivity index (χ1v) is 2.18. The fourth-order valence-electron chi connectivity index (χ4n) is 0.198. The molecule has 0 amide bonds. The first kappa shape index (κ1) is 6.86. The predicted octanol–water partition coefficient (Wildman–Crippen LogP) is 0.0532. The Morgan fingerprint density at radius 1 is 1.75 bits per heavy atom. The highest BCUT2D eigenvalue weighted by atomic mass is 14.7. The van der Waals surface area contributed by atoms with E-state index in [0.717, 1.165) is 0 Å². The Kier molecular flexibility index (Phi) is 5.02. The average Bonchev–Trinajstić information content (AvgIpc) is 1.81. The summed E-state index contributed by atoms with van der Waals surface area (Å²) in [5, 5.41) is 7.92. The lowest BCUT2D eigenvalue weighted by Crippen LogP contribution is -1.97. The molecule has 0 aliphatic rings. The molecule has 0 bridgehead atoms. The summed E-state index contributed by atoms with van der Waals surface area (Å²) >= 11 is 0. The van der Waals surface area contributed by atoms with Gasteiger partial charge in [-0.2, -0.15) is 5.26 Å². The van der Waals surface area contributed by atoms with Crippen molar-refractivity contribution in [1.82, 2.24) is 0 Å². The van der Waals surface area contributed by atoms with E-state index in [9.17, 15) is 0 Å². The second-order valence-corrected chi connectivity index (χ2v) is 1.01. The van der Waals surface area contributed by atoms with Gasteiger partial charge in [-0.3, -0.25) is 4.99 Å². The third-order valence-corrected chi connectivity index (χ3v) is 0.446. The fraction of sp³-hybridized carbons (Fsp3) is 0.200. The minimum absolute atomic E-state index is 0.412. The summed E-state index contributed by atoms with van der Waals surface area (Å²) in [6.07, 6.45) is 4.20. The number of hydrogen-bond acceptors (Lipinski definition) is 3. The van der Waals surface area contributed by atoms with Crippen LogP contribution in [-0.4, -0.2) is 12.8 Å². The van der Waals surface area contributed by atoms with Crippen molar-refractivity contribution in [3.8, 4) is 6.07 Å². The molecule has 0 radical (unpaired) electrons. The van der Waals surface area contributed by atoms with Gasteiger partial charge in [0.2, 0.25) is 0 Å². The molecular weight excluding hydrogens is 102 g/mol. The van der Waals surface area contributed by atoms with Crippen LogP contribution in [0.4, 0.5) is 0 Å². The zero-order valence-corrected chi connectivity index (χ0v) is 4.41. The third kappa shape index (κ3) is 4.86. The van der Waals surface area contributed by atoms with Gasteiger partial charge < -0.3 is 5.73 Å². The molecule has 0 spiro atoms. The number of allylic oxidation sites excluding steroid dienone is 1. The molecule has 0 saturated carbocycles. The van der Waals surface area contributed by atoms with Gasteiger partial charge in [0.1, 0.15) is 0 Å². The van der Waals surface area contributed by atoms with Crippen LogP contribution < -0.4 is 5.73 Å². The van der Waals surface area contributed by atoms with Crippen LogP contribution in [0.5, 0.6) is 0 Å². The predicted molar refractivity (Wildman–Crippen MR) is 32.3 cm³/mol. The van der Waals surface area contributed by atoms with Crippen molar-refractivity contribution in [2.45, 2.75) is 0 Å². The summed E-state index contributed by atoms with van der Waals surface area (Å²) in [7, 11) is 0. The molecule has 0 aromatic rings. The molecule has 0 aliphatic carbocycles. The number of aliphatic imine (C=N–C) groups is 1. The minimum Gasteiger partial charge on any atom is -0.326 e. The lowest BCUT2D eigenvalue weighted by atomic mass is 10.7. The van der Waals surface area contributed by atoms with Crippen LogP contribution in [0.1, 0.15) is 0 Å². The van der Waals surface area contributed by atoms with Gasteiger partial charge in [-0.15, -0.1) is 0 Å². The summed E-state index contributed by atoms with van der Waals surface area (Å²) in [5.41, 5.74) is 5.04. The molecule has 0 atom stereocenters. The van der Waals surface area contributed by atoms with Gasteiger partial charge in [-0.1, -0.05) is 0 Å². The lowest BCUT2D eigenvalue weighted by Gasteiger charge is -1.71. The number of rotatable bonds is 2. The standard InChI is InChI=1S/C5H7N3/c6-2-1-4-8-5-3-7/h1,4-5H,3,7H2. The van der Waals surface area contributed by atoms with Gasteiger partial charge in [0.05, 0.1) is 6.07 Å². The van der Waals surface area contributed by atoms with Gasteiger partial charge in [-0.05, 0) is 0 Å². The van der Waals surface area contributed by atoms with Crippen molar-refractivity contribution in [2.24, 2.45) is 10.7 Å². The van der Waals surface area contributed by atoms with Crippen LogP contribution in [0.3, 0.4) is 0 Å². The summed E-state index contributed by atoms with van der Waals surface area (Å²) < 4.78 is 0. The van der Waals surface area contributed by atoms with E-state index in [4.69, 9.17) is 11.0 Å². The van der Waals surface area contributed by atoms with E-state index >= 15 is 0 Å². The Balaban J connectivity index is 3.31. The molecule has 3 nitrogen and oxygen atoms in total. The molecule has 0 fully saturated rings. The molecule has 0 aliphatic heterocycles. The molecule has 8 heavy (non-hydrogen) atoms. The van der Waals surface area contributed by atoms with Crippen molar-refractivity contribution in [3.05, 3.63) is 12.3 Å². The summed E-state index contributed by atoms with van der Waals surface area (Å²) in [4.78, 5) is 3.63. The van der Waals surface area contributed by atoms with Gasteiger partial charge in [0, 0.05) is 25.0 Å². The smallest absolute Gasteiger partial charge is 0.0928 e. The Bertz CT molecular complexity index is 129. The lowest BCUT2D eigenvalue weighted by molar-refractivity contribution is 1.33. The van der Waals surface area contributed by atoms with Crippen LogP contribution in [0.15, 0.2) is 17.3 Å². The largest absolute Gasteiger partial charge is 0.326 e. The second-order valence-electron chi connectivity index (χ2n) is 1.01. The quantitative estimate of drug-likeness (QED) is 0.402. The van der Waals surface area contributed by atoms with Crippen molar-refractivity contribution >= 4 is 6.21 Å². The first-order chi connectivity index (χ1) is 3.91. The Morgan fingerprint density at radius 3 is 3.00 bits per heavy atom. The van der Waals surface area contributed by atoms with E-state index in [1.807, 2.05) is 0 Å². The summed E-state index contributed by atoms with van der Waals surface area (Å²) in [6.45, 7) is 0.412. The molecule has 3 heteroatoms. The zero-order chi connectivity index (χ0) is 6.24. The molecule has 0 heterocycles. The van der Waals surface area contributed by atoms with Crippen LogP contribution >= 0.6 is 0 Å². The average molecular weight is 109 g/mol. The number of hydrogen-bond donors (Lipinski definition) is 1. The highest BCUT2D eigenvalue weighted by Crippen LogP contribution is 1.67. The topological polar surface area (TPSA) is 62.2 Å². The molecule has 0 aromatic carbocycles. The second kappa shape index (κ2) is 5.86. The van der Waals surface area contributed by atoms with Crippen LogP contribution in [0, 0.1) is 11.3 Å². The number of nitrogens with zero attached hydrogens (tertiary/aromatic N) is 2. The maximum atomic E-state index is 7.92. The Morgan fingerprint density at radius 2 is 2.50 bits per heavy atom. The van der Waals surface area contributed by atoms with Crippen molar-refractivity contribution in [2.75, 3.05) is 6.54 Å². The van der Waals surface area contributed by atoms with Gasteiger partial charge in [0.25, 0.3) is 0 Å². The van der Waals surface area contributed by atoms with Gasteiger partial charge >= 0.3 is 0 Å². The normalized spacial score (nSPS) is 10.5. The van der Waals surface area contributed by atoms with E-state index in [1.165, 1.54) is 18.5 Å². The first-order valence-electron chi connectivity index (χ1n) is 2.18. The SMILES string of the molecule is N#CC=CN=CCN. The third-order valence-electron chi connectivity index (χ3n) is 0.446. The molecule has 0 unspecified atom stereocenters. The maximum absolute atomic E-state index is 7.92. The minimum atomic E-state index is 0.412. The fourth-order valence-corrected chi connectivity index (χ4v) is 0.198. The zero-order valence-electron chi connectivity index (χ0n) is 4.41. The maximum Gasteiger partial charge on any atom is 0.0928 e. The summed E-state index contributed by atoms with van der Waals surface area (Å²) in [6, 6.07) is 1.79. The molecule has 42 valence electrons. The molecular formula is C5H7N3. The van der Waals surface area contributed by atoms with Crippen molar-refractivity contribution in [3.63, 3.8) is 0 Å². The highest BCUT2D eigenvalue weighted by Gasteiger charge is 1.60. The molecule has 0 rings (SSSR count). The Hall–Kier alpha value is -1.14. The molecule has 2 N–H and O–H groups in total. The van der Waals surface area contributed by atoms with Gasteiger partial charge in [0.15, 0.2) is 0 Å².